The molecule has 0 saturated heterocycles. The Balaban J connectivity index is 1.91. The van der Waals surface area contributed by atoms with Gasteiger partial charge in [0.2, 0.25) is 0 Å². The van der Waals surface area contributed by atoms with Crippen molar-refractivity contribution in [3.05, 3.63) is 65.0 Å². The molecular weight excluding hydrogens is 418 g/mol. The molecule has 2 heterocycles. The van der Waals surface area contributed by atoms with Crippen LogP contribution >= 0.6 is 11.3 Å². The quantitative estimate of drug-likeness (QED) is 0.378. The van der Waals surface area contributed by atoms with Crippen LogP contribution in [0.3, 0.4) is 0 Å². The van der Waals surface area contributed by atoms with E-state index in [4.69, 9.17) is 15.5 Å². The van der Waals surface area contributed by atoms with Gasteiger partial charge in [-0.2, -0.15) is 0 Å². The van der Waals surface area contributed by atoms with Gasteiger partial charge in [-0.3, -0.25) is 4.79 Å². The number of ether oxygens (including phenoxy) is 1. The van der Waals surface area contributed by atoms with E-state index in [9.17, 15) is 4.79 Å². The minimum atomic E-state index is -0.152. The molecule has 0 aliphatic carbocycles. The summed E-state index contributed by atoms with van der Waals surface area (Å²) in [6.45, 7) is 6.08. The molecule has 0 fully saturated rings. The largest absolute Gasteiger partial charge is 0.497 e. The average Bonchev–Trinajstić information content (AvgIpc) is 3.15. The molecular formula is C26H27N3O2S. The monoisotopic (exact) mass is 445 g/mol. The second-order valence-electron chi connectivity index (χ2n) is 7.96. The van der Waals surface area contributed by atoms with E-state index in [1.165, 1.54) is 16.9 Å². The number of carbonyl (C=O) groups excluding carboxylic acids is 1. The van der Waals surface area contributed by atoms with E-state index in [1.54, 1.807) is 7.11 Å². The number of nitrogens with one attached hydrogen (secondary N) is 1. The summed E-state index contributed by atoms with van der Waals surface area (Å²) in [6.07, 6.45) is 0.852. The van der Waals surface area contributed by atoms with E-state index in [-0.39, 0.29) is 11.9 Å². The second-order valence-corrected chi connectivity index (χ2v) is 8.96. The first-order valence-corrected chi connectivity index (χ1v) is 11.5. The van der Waals surface area contributed by atoms with Crippen molar-refractivity contribution in [3.8, 4) is 28.1 Å². The van der Waals surface area contributed by atoms with E-state index in [1.807, 2.05) is 44.2 Å². The molecule has 5 nitrogen and oxygen atoms in total. The number of anilines is 1. The molecule has 6 heteroatoms. The lowest BCUT2D eigenvalue weighted by molar-refractivity contribution is 0.0944. The molecule has 32 heavy (non-hydrogen) atoms. The number of nitrogens with zero attached hydrogens (tertiary/aromatic N) is 1. The van der Waals surface area contributed by atoms with Gasteiger partial charge in [0.25, 0.3) is 5.91 Å². The van der Waals surface area contributed by atoms with Gasteiger partial charge in [0.05, 0.1) is 18.5 Å². The zero-order valence-corrected chi connectivity index (χ0v) is 19.5. The Morgan fingerprint density at radius 1 is 1.12 bits per heavy atom. The first-order valence-electron chi connectivity index (χ1n) is 10.7. The van der Waals surface area contributed by atoms with Crippen LogP contribution in [0.5, 0.6) is 5.75 Å². The zero-order chi connectivity index (χ0) is 22.8. The Hall–Kier alpha value is -3.38. The van der Waals surface area contributed by atoms with Crippen LogP contribution in [-0.2, 0) is 0 Å². The molecule has 1 unspecified atom stereocenters. The average molecular weight is 446 g/mol. The Labute approximate surface area is 192 Å². The summed E-state index contributed by atoms with van der Waals surface area (Å²) in [5, 5.41) is 3.85. The molecule has 0 aliphatic rings. The van der Waals surface area contributed by atoms with Gasteiger partial charge in [0, 0.05) is 17.0 Å². The van der Waals surface area contributed by atoms with E-state index < -0.39 is 0 Å². The molecule has 0 radical (unpaired) electrons. The maximum atomic E-state index is 12.9. The minimum absolute atomic E-state index is 0.0755. The van der Waals surface area contributed by atoms with E-state index in [0.29, 0.717) is 10.6 Å². The molecule has 4 aromatic rings. The van der Waals surface area contributed by atoms with E-state index in [2.05, 4.69) is 36.5 Å². The molecule has 1 atom stereocenters. The number of fused-ring (bicyclic) bond motifs is 1. The summed E-state index contributed by atoms with van der Waals surface area (Å²) in [4.78, 5) is 19.0. The molecule has 0 bridgehead atoms. The molecule has 0 spiro atoms. The zero-order valence-electron chi connectivity index (χ0n) is 18.7. The molecule has 1 amide bonds. The van der Waals surface area contributed by atoms with Crippen molar-refractivity contribution in [2.75, 3.05) is 12.8 Å². The van der Waals surface area contributed by atoms with Gasteiger partial charge in [-0.05, 0) is 61.7 Å². The highest BCUT2D eigenvalue weighted by Crippen LogP contribution is 2.41. The fourth-order valence-corrected chi connectivity index (χ4v) is 4.57. The van der Waals surface area contributed by atoms with Crippen molar-refractivity contribution >= 4 is 33.1 Å². The molecule has 2 aromatic carbocycles. The first kappa shape index (κ1) is 21.8. The topological polar surface area (TPSA) is 77.2 Å². The smallest absolute Gasteiger partial charge is 0.263 e. The van der Waals surface area contributed by atoms with Crippen molar-refractivity contribution in [1.82, 2.24) is 10.3 Å². The highest BCUT2D eigenvalue weighted by Gasteiger charge is 2.22. The Bertz CT molecular complexity index is 1260. The second kappa shape index (κ2) is 9.01. The number of pyridine rings is 1. The van der Waals surface area contributed by atoms with Crippen LogP contribution in [0.15, 0.2) is 54.6 Å². The number of nitrogen functional groups attached to an aromatic ring is 1. The fourth-order valence-electron chi connectivity index (χ4n) is 3.55. The number of hydrogen-bond donors (Lipinski definition) is 2. The van der Waals surface area contributed by atoms with E-state index >= 15 is 0 Å². The van der Waals surface area contributed by atoms with Crippen LogP contribution < -0.4 is 15.8 Å². The van der Waals surface area contributed by atoms with Crippen molar-refractivity contribution in [2.24, 2.45) is 0 Å². The third kappa shape index (κ3) is 4.18. The number of benzene rings is 2. The van der Waals surface area contributed by atoms with Crippen molar-refractivity contribution in [1.29, 1.82) is 0 Å². The van der Waals surface area contributed by atoms with Crippen LogP contribution in [0, 0.1) is 6.92 Å². The number of carbonyl (C=O) groups is 1. The van der Waals surface area contributed by atoms with Crippen molar-refractivity contribution in [3.63, 3.8) is 0 Å². The minimum Gasteiger partial charge on any atom is -0.497 e. The standard InChI is InChI=1S/C26H27N3O2S/c1-5-16(3)28-25(30)24-23(27)22-20(17-8-6-15(2)7-9-17)14-21(29-26(22)32-24)18-10-12-19(31-4)13-11-18/h6-14,16H,5,27H2,1-4H3,(H,28,30). The van der Waals surface area contributed by atoms with Crippen LogP contribution in [0.1, 0.15) is 35.5 Å². The van der Waals surface area contributed by atoms with Gasteiger partial charge in [-0.25, -0.2) is 4.98 Å². The lowest BCUT2D eigenvalue weighted by Crippen LogP contribution is -2.31. The lowest BCUT2D eigenvalue weighted by Gasteiger charge is -2.11. The molecule has 4 rings (SSSR count). The summed E-state index contributed by atoms with van der Waals surface area (Å²) in [5.41, 5.74) is 12.0. The normalized spacial score (nSPS) is 12.0. The van der Waals surface area contributed by atoms with Crippen LogP contribution in [0.25, 0.3) is 32.6 Å². The van der Waals surface area contributed by atoms with Crippen molar-refractivity contribution < 1.29 is 9.53 Å². The predicted octanol–water partition coefficient (Wildman–Crippen LogP) is 6.06. The predicted molar refractivity (Wildman–Crippen MR) is 133 cm³/mol. The Kier molecular flexibility index (Phi) is 6.15. The third-order valence-electron chi connectivity index (χ3n) is 5.64. The number of hydrogen-bond acceptors (Lipinski definition) is 5. The van der Waals surface area contributed by atoms with Gasteiger partial charge in [-0.15, -0.1) is 11.3 Å². The number of methoxy groups -OCH3 is 1. The highest BCUT2D eigenvalue weighted by molar-refractivity contribution is 7.21. The summed E-state index contributed by atoms with van der Waals surface area (Å²) in [5.74, 6) is 0.638. The summed E-state index contributed by atoms with van der Waals surface area (Å²) >= 11 is 1.34. The number of aromatic nitrogens is 1. The fraction of sp³-hybridized carbons (Fsp3) is 0.231. The van der Waals surface area contributed by atoms with Gasteiger partial charge in [-0.1, -0.05) is 36.8 Å². The molecule has 164 valence electrons. The van der Waals surface area contributed by atoms with Crippen LogP contribution in [-0.4, -0.2) is 24.0 Å². The van der Waals surface area contributed by atoms with Gasteiger partial charge < -0.3 is 15.8 Å². The van der Waals surface area contributed by atoms with Gasteiger partial charge in [0.15, 0.2) is 0 Å². The maximum absolute atomic E-state index is 12.9. The molecule has 2 aromatic heterocycles. The number of amides is 1. The summed E-state index contributed by atoms with van der Waals surface area (Å²) in [6, 6.07) is 18.2. The van der Waals surface area contributed by atoms with Gasteiger partial charge in [0.1, 0.15) is 15.5 Å². The van der Waals surface area contributed by atoms with Gasteiger partial charge >= 0.3 is 0 Å². The SMILES string of the molecule is CCC(C)NC(=O)c1sc2nc(-c3ccc(OC)cc3)cc(-c3ccc(C)cc3)c2c1N. The number of nitrogens with two attached hydrogens (primary N) is 1. The lowest BCUT2D eigenvalue weighted by atomic mass is 9.98. The van der Waals surface area contributed by atoms with Crippen molar-refractivity contribution in [2.45, 2.75) is 33.2 Å². The Morgan fingerprint density at radius 3 is 2.41 bits per heavy atom. The molecule has 0 saturated carbocycles. The summed E-state index contributed by atoms with van der Waals surface area (Å²) in [7, 11) is 1.65. The van der Waals surface area contributed by atoms with Crippen LogP contribution in [0.2, 0.25) is 0 Å². The number of rotatable bonds is 6. The molecule has 3 N–H and O–H groups in total. The van der Waals surface area contributed by atoms with Crippen LogP contribution in [0.4, 0.5) is 5.69 Å². The number of thiophene rings is 1. The van der Waals surface area contributed by atoms with E-state index in [0.717, 1.165) is 44.8 Å². The maximum Gasteiger partial charge on any atom is 0.263 e. The third-order valence-corrected chi connectivity index (χ3v) is 6.74. The first-order chi connectivity index (χ1) is 15.4. The highest BCUT2D eigenvalue weighted by atomic mass is 32.1. The molecule has 0 aliphatic heterocycles. The Morgan fingerprint density at radius 2 is 1.78 bits per heavy atom. The number of aryl methyl sites for hydroxylation is 1. The summed E-state index contributed by atoms with van der Waals surface area (Å²) < 4.78 is 5.29.